The molecule has 0 spiro atoms. The third-order valence-electron chi connectivity index (χ3n) is 4.04. The predicted octanol–water partition coefficient (Wildman–Crippen LogP) is 1.81. The summed E-state index contributed by atoms with van der Waals surface area (Å²) in [6.07, 6.45) is 3.49. The van der Waals surface area contributed by atoms with E-state index in [1.165, 1.54) is 0 Å². The Labute approximate surface area is 123 Å². The average Bonchev–Trinajstić information content (AvgIpc) is 3.04. The van der Waals surface area contributed by atoms with Gasteiger partial charge in [-0.05, 0) is 32.4 Å². The van der Waals surface area contributed by atoms with E-state index in [2.05, 4.69) is 41.5 Å². The first-order valence-electron chi connectivity index (χ1n) is 7.41. The van der Waals surface area contributed by atoms with Gasteiger partial charge in [0.25, 0.3) is 0 Å². The third-order valence-corrected chi connectivity index (χ3v) is 4.04. The molecule has 2 aromatic heterocycles. The number of nitrogens with one attached hydrogen (secondary N) is 2. The van der Waals surface area contributed by atoms with Crippen molar-refractivity contribution >= 4 is 22.6 Å². The van der Waals surface area contributed by atoms with Gasteiger partial charge in [0.05, 0.1) is 24.0 Å². The second kappa shape index (κ2) is 5.44. The molecule has 3 heterocycles. The molecule has 3 rings (SSSR count). The lowest BCUT2D eigenvalue weighted by molar-refractivity contribution is -0.120. The molecule has 2 atom stereocenters. The van der Waals surface area contributed by atoms with Crippen LogP contribution in [0.1, 0.15) is 26.8 Å². The molecular weight excluding hydrogens is 266 g/mol. The number of rotatable bonds is 3. The summed E-state index contributed by atoms with van der Waals surface area (Å²) in [5.41, 5.74) is 1.58. The largest absolute Gasteiger partial charge is 0.324 e. The molecular formula is C15H21N5O. The number of amides is 1. The number of carbonyl (C=O) groups excluding carboxylic acids is 1. The monoisotopic (exact) mass is 287 g/mol. The van der Waals surface area contributed by atoms with Gasteiger partial charge in [0.2, 0.25) is 5.91 Å². The molecule has 1 aliphatic rings. The Morgan fingerprint density at radius 3 is 2.90 bits per heavy atom. The summed E-state index contributed by atoms with van der Waals surface area (Å²) >= 11 is 0. The number of aromatic nitrogens is 3. The zero-order valence-electron chi connectivity index (χ0n) is 12.6. The van der Waals surface area contributed by atoms with Crippen LogP contribution in [0.4, 0.5) is 5.69 Å². The van der Waals surface area contributed by atoms with Crippen LogP contribution >= 0.6 is 0 Å². The van der Waals surface area contributed by atoms with E-state index in [-0.39, 0.29) is 17.9 Å². The first-order chi connectivity index (χ1) is 10.1. The first kappa shape index (κ1) is 14.0. The molecule has 21 heavy (non-hydrogen) atoms. The van der Waals surface area contributed by atoms with Gasteiger partial charge in [0, 0.05) is 18.0 Å². The molecule has 0 aliphatic carbocycles. The van der Waals surface area contributed by atoms with Crippen LogP contribution in [0, 0.1) is 11.8 Å². The lowest BCUT2D eigenvalue weighted by Gasteiger charge is -2.14. The van der Waals surface area contributed by atoms with Gasteiger partial charge >= 0.3 is 0 Å². The van der Waals surface area contributed by atoms with Crippen molar-refractivity contribution < 1.29 is 4.79 Å². The minimum absolute atomic E-state index is 0.0269. The second-order valence-electron chi connectivity index (χ2n) is 6.05. The predicted molar refractivity (Wildman–Crippen MR) is 82.1 cm³/mol. The summed E-state index contributed by atoms with van der Waals surface area (Å²) in [4.78, 5) is 16.7. The molecule has 1 amide bonds. The summed E-state index contributed by atoms with van der Waals surface area (Å²) < 4.78 is 1.88. The number of nitrogens with zero attached hydrogens (tertiary/aromatic N) is 3. The normalized spacial score (nSPS) is 22.1. The SMILES string of the molecule is CC1CNCC1C(=O)Nc1cnc2c(cnn2C(C)C)c1. The summed E-state index contributed by atoms with van der Waals surface area (Å²) in [5, 5.41) is 11.5. The minimum Gasteiger partial charge on any atom is -0.324 e. The molecule has 1 aliphatic heterocycles. The third kappa shape index (κ3) is 2.63. The molecule has 6 heteroatoms. The van der Waals surface area contributed by atoms with Gasteiger partial charge in [0.1, 0.15) is 0 Å². The highest BCUT2D eigenvalue weighted by Crippen LogP contribution is 2.21. The van der Waals surface area contributed by atoms with Crippen molar-refractivity contribution in [3.8, 4) is 0 Å². The molecule has 0 saturated carbocycles. The van der Waals surface area contributed by atoms with E-state index in [1.54, 1.807) is 12.4 Å². The van der Waals surface area contributed by atoms with E-state index in [0.717, 1.165) is 29.8 Å². The van der Waals surface area contributed by atoms with Gasteiger partial charge in [-0.3, -0.25) is 4.79 Å². The van der Waals surface area contributed by atoms with Gasteiger partial charge in [0.15, 0.2) is 5.65 Å². The van der Waals surface area contributed by atoms with Crippen molar-refractivity contribution in [2.24, 2.45) is 11.8 Å². The van der Waals surface area contributed by atoms with Gasteiger partial charge < -0.3 is 10.6 Å². The highest BCUT2D eigenvalue weighted by molar-refractivity contribution is 5.94. The molecule has 6 nitrogen and oxygen atoms in total. The molecule has 0 aromatic carbocycles. The smallest absolute Gasteiger partial charge is 0.229 e. The highest BCUT2D eigenvalue weighted by atomic mass is 16.1. The van der Waals surface area contributed by atoms with Crippen molar-refractivity contribution in [3.05, 3.63) is 18.5 Å². The van der Waals surface area contributed by atoms with Gasteiger partial charge in [-0.2, -0.15) is 5.10 Å². The van der Waals surface area contributed by atoms with Gasteiger partial charge in [-0.1, -0.05) is 6.92 Å². The molecule has 1 saturated heterocycles. The number of hydrogen-bond acceptors (Lipinski definition) is 4. The Morgan fingerprint density at radius 2 is 2.24 bits per heavy atom. The maximum absolute atomic E-state index is 12.3. The van der Waals surface area contributed by atoms with E-state index >= 15 is 0 Å². The standard InChI is InChI=1S/C15H21N5O/c1-9(2)20-14-11(6-18-20)4-12(7-17-14)19-15(21)13-8-16-5-10(13)3/h4,6-7,9-10,13,16H,5,8H2,1-3H3,(H,19,21). The van der Waals surface area contributed by atoms with Gasteiger partial charge in [-0.15, -0.1) is 0 Å². The van der Waals surface area contributed by atoms with Crippen molar-refractivity contribution in [2.75, 3.05) is 18.4 Å². The lowest BCUT2D eigenvalue weighted by Crippen LogP contribution is -2.27. The summed E-state index contributed by atoms with van der Waals surface area (Å²) in [5.74, 6) is 0.453. The number of fused-ring (bicyclic) bond motifs is 1. The molecule has 1 fully saturated rings. The number of pyridine rings is 1. The highest BCUT2D eigenvalue weighted by Gasteiger charge is 2.29. The van der Waals surface area contributed by atoms with Crippen LogP contribution in [0.15, 0.2) is 18.5 Å². The van der Waals surface area contributed by atoms with Crippen LogP contribution in [-0.2, 0) is 4.79 Å². The zero-order chi connectivity index (χ0) is 15.0. The van der Waals surface area contributed by atoms with Crippen molar-refractivity contribution in [1.29, 1.82) is 0 Å². The lowest BCUT2D eigenvalue weighted by atomic mass is 9.97. The fraction of sp³-hybridized carbons (Fsp3) is 0.533. The minimum atomic E-state index is 0.0269. The van der Waals surface area contributed by atoms with Crippen LogP contribution in [0.5, 0.6) is 0 Å². The van der Waals surface area contributed by atoms with Crippen LogP contribution in [0.3, 0.4) is 0 Å². The first-order valence-corrected chi connectivity index (χ1v) is 7.41. The zero-order valence-corrected chi connectivity index (χ0v) is 12.6. The second-order valence-corrected chi connectivity index (χ2v) is 6.05. The maximum atomic E-state index is 12.3. The van der Waals surface area contributed by atoms with E-state index in [4.69, 9.17) is 0 Å². The average molecular weight is 287 g/mol. The Kier molecular flexibility index (Phi) is 3.63. The Bertz CT molecular complexity index is 663. The molecule has 0 radical (unpaired) electrons. The van der Waals surface area contributed by atoms with E-state index in [0.29, 0.717) is 5.92 Å². The molecule has 2 N–H and O–H groups in total. The summed E-state index contributed by atoms with van der Waals surface area (Å²) in [6, 6.07) is 2.19. The summed E-state index contributed by atoms with van der Waals surface area (Å²) in [6.45, 7) is 7.87. The molecule has 2 unspecified atom stereocenters. The number of carbonyl (C=O) groups is 1. The quantitative estimate of drug-likeness (QED) is 0.903. The van der Waals surface area contributed by atoms with Gasteiger partial charge in [-0.25, -0.2) is 9.67 Å². The van der Waals surface area contributed by atoms with Crippen molar-refractivity contribution in [3.63, 3.8) is 0 Å². The van der Waals surface area contributed by atoms with Crippen LogP contribution in [-0.4, -0.2) is 33.8 Å². The Hall–Kier alpha value is -1.95. The topological polar surface area (TPSA) is 71.8 Å². The number of hydrogen-bond donors (Lipinski definition) is 2. The van der Waals surface area contributed by atoms with E-state index in [1.807, 2.05) is 10.7 Å². The molecule has 2 aromatic rings. The fourth-order valence-corrected chi connectivity index (χ4v) is 2.78. The summed E-state index contributed by atoms with van der Waals surface area (Å²) in [7, 11) is 0. The van der Waals surface area contributed by atoms with Crippen LogP contribution < -0.4 is 10.6 Å². The maximum Gasteiger partial charge on any atom is 0.229 e. The van der Waals surface area contributed by atoms with Crippen LogP contribution in [0.25, 0.3) is 11.0 Å². The molecule has 0 bridgehead atoms. The van der Waals surface area contributed by atoms with Crippen molar-refractivity contribution in [1.82, 2.24) is 20.1 Å². The Morgan fingerprint density at radius 1 is 1.43 bits per heavy atom. The fourth-order valence-electron chi connectivity index (χ4n) is 2.78. The Balaban J connectivity index is 1.80. The van der Waals surface area contributed by atoms with E-state index < -0.39 is 0 Å². The van der Waals surface area contributed by atoms with Crippen molar-refractivity contribution in [2.45, 2.75) is 26.8 Å². The van der Waals surface area contributed by atoms with E-state index in [9.17, 15) is 4.79 Å². The number of anilines is 1. The van der Waals surface area contributed by atoms with Crippen LogP contribution in [0.2, 0.25) is 0 Å². The molecule has 112 valence electrons.